The molecule has 1 aliphatic heterocycles. The quantitative estimate of drug-likeness (QED) is 0.662. The summed E-state index contributed by atoms with van der Waals surface area (Å²) < 4.78 is 28.5. The van der Waals surface area contributed by atoms with Crippen LogP contribution < -0.4 is 10.0 Å². The summed E-state index contributed by atoms with van der Waals surface area (Å²) >= 11 is 6.58. The predicted molar refractivity (Wildman–Crippen MR) is 91.0 cm³/mol. The van der Waals surface area contributed by atoms with Crippen LogP contribution in [0.3, 0.4) is 0 Å². The number of halogens is 2. The van der Waals surface area contributed by atoms with Crippen LogP contribution in [0.25, 0.3) is 0 Å². The van der Waals surface area contributed by atoms with E-state index in [0.717, 1.165) is 43.6 Å². The van der Waals surface area contributed by atoms with Gasteiger partial charge in [0.05, 0.1) is 4.90 Å². The van der Waals surface area contributed by atoms with E-state index in [2.05, 4.69) is 46.8 Å². The van der Waals surface area contributed by atoms with Crippen molar-refractivity contribution >= 4 is 41.9 Å². The first-order valence-corrected chi connectivity index (χ1v) is 9.94. The molecule has 0 amide bonds. The first-order chi connectivity index (χ1) is 9.99. The van der Waals surface area contributed by atoms with Gasteiger partial charge in [0, 0.05) is 41.7 Å². The molecule has 0 atom stereocenters. The summed E-state index contributed by atoms with van der Waals surface area (Å²) in [6.07, 6.45) is 0.810. The van der Waals surface area contributed by atoms with Crippen LogP contribution in [0.5, 0.6) is 0 Å². The summed E-state index contributed by atoms with van der Waals surface area (Å²) in [7, 11) is -3.47. The van der Waals surface area contributed by atoms with Gasteiger partial charge in [0.15, 0.2) is 0 Å². The van der Waals surface area contributed by atoms with Crippen molar-refractivity contribution < 1.29 is 8.42 Å². The summed E-state index contributed by atoms with van der Waals surface area (Å²) in [5.74, 6) is 0. The van der Waals surface area contributed by atoms with E-state index in [0.29, 0.717) is 11.0 Å². The SMILES string of the molecule is O=S(=O)(NCCCN1CCNCC1)c1cc(Br)ccc1Br. The van der Waals surface area contributed by atoms with Crippen molar-refractivity contribution in [2.75, 3.05) is 39.3 Å². The Morgan fingerprint density at radius 3 is 2.67 bits per heavy atom. The first kappa shape index (κ1) is 17.4. The standard InChI is InChI=1S/C13H19Br2N3O2S/c14-11-2-3-12(15)13(10-11)21(19,20)17-4-1-7-18-8-5-16-6-9-18/h2-3,10,16-17H,1,4-9H2. The molecule has 1 aliphatic rings. The highest BCUT2D eigenvalue weighted by Gasteiger charge is 2.17. The van der Waals surface area contributed by atoms with Crippen molar-refractivity contribution in [3.8, 4) is 0 Å². The number of nitrogens with one attached hydrogen (secondary N) is 2. The molecule has 1 fully saturated rings. The normalized spacial score (nSPS) is 17.0. The molecule has 0 bridgehead atoms. The van der Waals surface area contributed by atoms with Gasteiger partial charge in [-0.25, -0.2) is 13.1 Å². The molecule has 118 valence electrons. The fraction of sp³-hybridized carbons (Fsp3) is 0.538. The third-order valence-corrected chi connectivity index (χ3v) is 6.28. The molecular formula is C13H19Br2N3O2S. The lowest BCUT2D eigenvalue weighted by Gasteiger charge is -2.27. The average molecular weight is 441 g/mol. The largest absolute Gasteiger partial charge is 0.314 e. The van der Waals surface area contributed by atoms with Crippen molar-refractivity contribution in [3.63, 3.8) is 0 Å². The Hall–Kier alpha value is 0.01000. The van der Waals surface area contributed by atoms with Gasteiger partial charge in [0.25, 0.3) is 0 Å². The smallest absolute Gasteiger partial charge is 0.241 e. The van der Waals surface area contributed by atoms with Gasteiger partial charge >= 0.3 is 0 Å². The Bertz CT molecular complexity index is 575. The third kappa shape index (κ3) is 5.30. The van der Waals surface area contributed by atoms with E-state index < -0.39 is 10.0 Å². The van der Waals surface area contributed by atoms with Crippen LogP contribution in [-0.4, -0.2) is 52.6 Å². The Balaban J connectivity index is 1.85. The predicted octanol–water partition coefficient (Wildman–Crippen LogP) is 1.79. The maximum atomic E-state index is 12.3. The molecule has 1 heterocycles. The van der Waals surface area contributed by atoms with E-state index in [1.54, 1.807) is 18.2 Å². The zero-order valence-corrected chi connectivity index (χ0v) is 15.6. The van der Waals surface area contributed by atoms with E-state index in [-0.39, 0.29) is 4.90 Å². The fourth-order valence-electron chi connectivity index (χ4n) is 2.20. The van der Waals surface area contributed by atoms with Crippen LogP contribution in [0.2, 0.25) is 0 Å². The summed E-state index contributed by atoms with van der Waals surface area (Å²) in [5.41, 5.74) is 0. The lowest BCUT2D eigenvalue weighted by molar-refractivity contribution is 0.239. The summed E-state index contributed by atoms with van der Waals surface area (Å²) in [4.78, 5) is 2.61. The van der Waals surface area contributed by atoms with E-state index in [4.69, 9.17) is 0 Å². The van der Waals surface area contributed by atoms with Crippen molar-refractivity contribution in [1.82, 2.24) is 14.9 Å². The van der Waals surface area contributed by atoms with Gasteiger partial charge in [-0.15, -0.1) is 0 Å². The lowest BCUT2D eigenvalue weighted by atomic mass is 10.3. The van der Waals surface area contributed by atoms with Gasteiger partial charge in [-0.1, -0.05) is 15.9 Å². The minimum absolute atomic E-state index is 0.263. The monoisotopic (exact) mass is 439 g/mol. The molecule has 0 radical (unpaired) electrons. The Morgan fingerprint density at radius 1 is 1.24 bits per heavy atom. The average Bonchev–Trinajstić information content (AvgIpc) is 2.47. The highest BCUT2D eigenvalue weighted by atomic mass is 79.9. The Kier molecular flexibility index (Phi) is 6.64. The van der Waals surface area contributed by atoms with Crippen LogP contribution in [0.15, 0.2) is 32.0 Å². The number of nitrogens with zero attached hydrogens (tertiary/aromatic N) is 1. The highest BCUT2D eigenvalue weighted by Crippen LogP contribution is 2.25. The lowest BCUT2D eigenvalue weighted by Crippen LogP contribution is -2.44. The number of sulfonamides is 1. The number of benzene rings is 1. The molecule has 0 unspecified atom stereocenters. The molecular weight excluding hydrogens is 422 g/mol. The summed E-state index contributed by atoms with van der Waals surface area (Å²) in [5, 5.41) is 3.30. The fourth-order valence-corrected chi connectivity index (χ4v) is 4.78. The molecule has 0 aromatic heterocycles. The van der Waals surface area contributed by atoms with E-state index in [1.807, 2.05) is 0 Å². The molecule has 1 aromatic carbocycles. The van der Waals surface area contributed by atoms with Crippen molar-refractivity contribution in [2.45, 2.75) is 11.3 Å². The Morgan fingerprint density at radius 2 is 1.95 bits per heavy atom. The van der Waals surface area contributed by atoms with Gasteiger partial charge < -0.3 is 10.2 Å². The van der Waals surface area contributed by atoms with E-state index in [9.17, 15) is 8.42 Å². The molecule has 1 saturated heterocycles. The highest BCUT2D eigenvalue weighted by molar-refractivity contribution is 9.11. The second-order valence-corrected chi connectivity index (χ2v) is 8.42. The number of piperazine rings is 1. The second kappa shape index (κ2) is 8.03. The first-order valence-electron chi connectivity index (χ1n) is 6.87. The summed E-state index contributed by atoms with van der Waals surface area (Å²) in [6.45, 7) is 5.45. The van der Waals surface area contributed by atoms with Crippen LogP contribution in [0.1, 0.15) is 6.42 Å². The van der Waals surface area contributed by atoms with Gasteiger partial charge in [0.2, 0.25) is 10.0 Å². The minimum Gasteiger partial charge on any atom is -0.314 e. The second-order valence-electron chi connectivity index (χ2n) is 4.92. The van der Waals surface area contributed by atoms with Crippen LogP contribution in [0, 0.1) is 0 Å². The van der Waals surface area contributed by atoms with Crippen LogP contribution in [-0.2, 0) is 10.0 Å². The zero-order valence-electron chi connectivity index (χ0n) is 11.6. The summed E-state index contributed by atoms with van der Waals surface area (Å²) in [6, 6.07) is 5.12. The van der Waals surface area contributed by atoms with Crippen LogP contribution >= 0.6 is 31.9 Å². The molecule has 2 rings (SSSR count). The number of hydrogen-bond donors (Lipinski definition) is 2. The molecule has 0 saturated carbocycles. The van der Waals surface area contributed by atoms with Crippen molar-refractivity contribution in [2.24, 2.45) is 0 Å². The number of rotatable bonds is 6. The minimum atomic E-state index is -3.47. The molecule has 5 nitrogen and oxygen atoms in total. The topological polar surface area (TPSA) is 61.4 Å². The van der Waals surface area contributed by atoms with Crippen molar-refractivity contribution in [3.05, 3.63) is 27.1 Å². The molecule has 1 aromatic rings. The van der Waals surface area contributed by atoms with Gasteiger partial charge in [-0.3, -0.25) is 0 Å². The maximum absolute atomic E-state index is 12.3. The molecule has 0 spiro atoms. The third-order valence-electron chi connectivity index (χ3n) is 3.34. The van der Waals surface area contributed by atoms with Gasteiger partial charge in [0.1, 0.15) is 0 Å². The van der Waals surface area contributed by atoms with E-state index in [1.165, 1.54) is 0 Å². The molecule has 2 N–H and O–H groups in total. The van der Waals surface area contributed by atoms with Crippen LogP contribution in [0.4, 0.5) is 0 Å². The molecule has 0 aliphatic carbocycles. The van der Waals surface area contributed by atoms with Crippen molar-refractivity contribution in [1.29, 1.82) is 0 Å². The van der Waals surface area contributed by atoms with E-state index >= 15 is 0 Å². The Labute approximate surface area is 142 Å². The van der Waals surface area contributed by atoms with Gasteiger partial charge in [-0.2, -0.15) is 0 Å². The zero-order chi connectivity index (χ0) is 15.3. The maximum Gasteiger partial charge on any atom is 0.241 e. The number of hydrogen-bond acceptors (Lipinski definition) is 4. The molecule has 21 heavy (non-hydrogen) atoms. The molecule has 8 heteroatoms. The van der Waals surface area contributed by atoms with Gasteiger partial charge in [-0.05, 0) is 47.1 Å².